The highest BCUT2D eigenvalue weighted by molar-refractivity contribution is 7.89. The molecular weight excluding hydrogens is 436 g/mol. The number of likely N-dealkylation sites (N-methyl/N-ethyl adjacent to an activating group) is 1. The minimum Gasteiger partial charge on any atom is -0.360 e. The molecule has 0 saturated carbocycles. The van der Waals surface area contributed by atoms with E-state index in [1.165, 1.54) is 9.87 Å². The second-order valence-electron chi connectivity index (χ2n) is 7.89. The Labute approximate surface area is 188 Å². The van der Waals surface area contributed by atoms with Crippen molar-refractivity contribution in [2.45, 2.75) is 51.5 Å². The highest BCUT2D eigenvalue weighted by Gasteiger charge is 2.36. The first-order chi connectivity index (χ1) is 14.8. The van der Waals surface area contributed by atoms with Gasteiger partial charge in [0.1, 0.15) is 10.6 Å². The first-order valence-electron chi connectivity index (χ1n) is 10.8. The summed E-state index contributed by atoms with van der Waals surface area (Å²) in [6.07, 6.45) is 1.32. The number of hydrogen-bond donors (Lipinski definition) is 1. The Morgan fingerprint density at radius 3 is 2.71 bits per heavy atom. The van der Waals surface area contributed by atoms with Crippen LogP contribution in [0.15, 0.2) is 26.2 Å². The van der Waals surface area contributed by atoms with Crippen molar-refractivity contribution in [2.75, 3.05) is 32.7 Å². The smallest absolute Gasteiger partial charge is 0.248 e. The minimum absolute atomic E-state index is 0.0916. The first kappa shape index (κ1) is 23.9. The zero-order chi connectivity index (χ0) is 22.6. The summed E-state index contributed by atoms with van der Waals surface area (Å²) in [4.78, 5) is 15.4. The molecule has 1 saturated heterocycles. The van der Waals surface area contributed by atoms with Gasteiger partial charge in [0.2, 0.25) is 15.9 Å². The van der Waals surface area contributed by atoms with Crippen molar-refractivity contribution in [2.24, 2.45) is 5.92 Å². The molecular formula is C21H32N4O4S2. The monoisotopic (exact) mass is 468 g/mol. The van der Waals surface area contributed by atoms with Gasteiger partial charge in [-0.05, 0) is 62.2 Å². The van der Waals surface area contributed by atoms with Crippen LogP contribution in [0.5, 0.6) is 0 Å². The van der Waals surface area contributed by atoms with Crippen LogP contribution < -0.4 is 5.32 Å². The maximum absolute atomic E-state index is 13.1. The highest BCUT2D eigenvalue weighted by Crippen LogP contribution is 2.28. The Kier molecular flexibility index (Phi) is 7.90. The maximum atomic E-state index is 13.1. The summed E-state index contributed by atoms with van der Waals surface area (Å²) in [5.74, 6) is -0.184. The van der Waals surface area contributed by atoms with Crippen LogP contribution in [0.1, 0.15) is 49.7 Å². The number of nitrogens with zero attached hydrogens (tertiary/aromatic N) is 3. The molecule has 3 heterocycles. The summed E-state index contributed by atoms with van der Waals surface area (Å²) in [5.41, 5.74) is 1.54. The third-order valence-electron chi connectivity index (χ3n) is 5.97. The number of aromatic nitrogens is 1. The van der Waals surface area contributed by atoms with E-state index in [0.29, 0.717) is 31.6 Å². The van der Waals surface area contributed by atoms with Gasteiger partial charge in [-0.15, -0.1) is 0 Å². The van der Waals surface area contributed by atoms with Crippen molar-refractivity contribution >= 4 is 27.3 Å². The molecule has 31 heavy (non-hydrogen) atoms. The number of sulfonamides is 1. The summed E-state index contributed by atoms with van der Waals surface area (Å²) < 4.78 is 32.7. The predicted octanol–water partition coefficient (Wildman–Crippen LogP) is 2.95. The van der Waals surface area contributed by atoms with E-state index in [0.717, 1.165) is 13.1 Å². The van der Waals surface area contributed by atoms with Crippen LogP contribution in [0.4, 0.5) is 0 Å². The number of rotatable bonds is 9. The lowest BCUT2D eigenvalue weighted by Crippen LogP contribution is -2.47. The van der Waals surface area contributed by atoms with Crippen LogP contribution in [0.2, 0.25) is 0 Å². The molecule has 1 fully saturated rings. The summed E-state index contributed by atoms with van der Waals surface area (Å²) in [6, 6.07) is 2.20. The number of carbonyl (C=O) groups excluding carboxylic acids is 1. The lowest BCUT2D eigenvalue weighted by atomic mass is 9.98. The minimum atomic E-state index is -3.74. The quantitative estimate of drug-likeness (QED) is 0.608. The van der Waals surface area contributed by atoms with Gasteiger partial charge in [-0.1, -0.05) is 19.0 Å². The SMILES string of the molecule is CCN(CC)C(CNC(=O)C1CCCN(S(=O)(=O)c2c(C)noc2C)C1)c1ccsc1. The molecule has 8 nitrogen and oxygen atoms in total. The van der Waals surface area contributed by atoms with E-state index in [4.69, 9.17) is 4.52 Å². The molecule has 0 radical (unpaired) electrons. The molecule has 0 aliphatic carbocycles. The van der Waals surface area contributed by atoms with Crippen LogP contribution in [0.3, 0.4) is 0 Å². The second kappa shape index (κ2) is 10.2. The molecule has 1 amide bonds. The number of thiophene rings is 1. The summed E-state index contributed by atoms with van der Waals surface area (Å²) in [5, 5.41) is 11.0. The Bertz CT molecular complexity index is 948. The Morgan fingerprint density at radius 1 is 1.39 bits per heavy atom. The van der Waals surface area contributed by atoms with E-state index < -0.39 is 10.0 Å². The zero-order valence-electron chi connectivity index (χ0n) is 18.6. The fourth-order valence-electron chi connectivity index (χ4n) is 4.28. The third kappa shape index (κ3) is 5.19. The normalized spacial score (nSPS) is 18.9. The average Bonchev–Trinajstić information content (AvgIpc) is 3.41. The molecule has 1 N–H and O–H groups in total. The molecule has 2 atom stereocenters. The Hall–Kier alpha value is -1.75. The molecule has 0 aromatic carbocycles. The van der Waals surface area contributed by atoms with Gasteiger partial charge in [-0.3, -0.25) is 9.69 Å². The Morgan fingerprint density at radius 2 is 2.13 bits per heavy atom. The fourth-order valence-corrected chi connectivity index (χ4v) is 6.80. The van der Waals surface area contributed by atoms with E-state index in [9.17, 15) is 13.2 Å². The summed E-state index contributed by atoms with van der Waals surface area (Å²) >= 11 is 1.65. The lowest BCUT2D eigenvalue weighted by molar-refractivity contribution is -0.126. The van der Waals surface area contributed by atoms with Crippen molar-refractivity contribution < 1.29 is 17.7 Å². The van der Waals surface area contributed by atoms with Crippen LogP contribution in [-0.2, 0) is 14.8 Å². The molecule has 2 aromatic heterocycles. The van der Waals surface area contributed by atoms with E-state index in [-0.39, 0.29) is 35.1 Å². The lowest BCUT2D eigenvalue weighted by Gasteiger charge is -2.33. The number of aryl methyl sites for hydroxylation is 2. The van der Waals surface area contributed by atoms with Gasteiger partial charge in [0, 0.05) is 19.6 Å². The van der Waals surface area contributed by atoms with Crippen LogP contribution in [-0.4, -0.2) is 61.4 Å². The molecule has 2 aromatic rings. The van der Waals surface area contributed by atoms with Crippen LogP contribution >= 0.6 is 11.3 Å². The van der Waals surface area contributed by atoms with Crippen molar-refractivity contribution in [3.8, 4) is 0 Å². The molecule has 2 unspecified atom stereocenters. The zero-order valence-corrected chi connectivity index (χ0v) is 20.3. The van der Waals surface area contributed by atoms with Crippen molar-refractivity contribution in [1.29, 1.82) is 0 Å². The molecule has 1 aliphatic heterocycles. The van der Waals surface area contributed by atoms with Gasteiger partial charge in [-0.2, -0.15) is 15.6 Å². The number of amides is 1. The average molecular weight is 469 g/mol. The van der Waals surface area contributed by atoms with Gasteiger partial charge in [-0.25, -0.2) is 8.42 Å². The van der Waals surface area contributed by atoms with Crippen LogP contribution in [0, 0.1) is 19.8 Å². The third-order valence-corrected chi connectivity index (χ3v) is 8.78. The molecule has 0 spiro atoms. The van der Waals surface area contributed by atoms with Crippen LogP contribution in [0.25, 0.3) is 0 Å². The number of nitrogens with one attached hydrogen (secondary N) is 1. The highest BCUT2D eigenvalue weighted by atomic mass is 32.2. The van der Waals surface area contributed by atoms with Gasteiger partial charge in [0.05, 0.1) is 12.0 Å². The number of piperidine rings is 1. The van der Waals surface area contributed by atoms with Crippen molar-refractivity contribution in [3.05, 3.63) is 33.8 Å². The van der Waals surface area contributed by atoms with Gasteiger partial charge in [0.15, 0.2) is 5.76 Å². The molecule has 0 bridgehead atoms. The van der Waals surface area contributed by atoms with E-state index in [2.05, 4.69) is 40.7 Å². The topological polar surface area (TPSA) is 95.8 Å². The van der Waals surface area contributed by atoms with Crippen molar-refractivity contribution in [3.63, 3.8) is 0 Å². The van der Waals surface area contributed by atoms with E-state index in [1.807, 2.05) is 5.38 Å². The molecule has 172 valence electrons. The number of carbonyl (C=O) groups is 1. The largest absolute Gasteiger partial charge is 0.360 e. The standard InChI is InChI=1S/C21H32N4O4S2/c1-5-24(6-2)19(18-9-11-30-14-18)12-22-21(26)17-8-7-10-25(13-17)31(27,28)20-15(3)23-29-16(20)4/h9,11,14,17,19H,5-8,10,12-13H2,1-4H3,(H,22,26). The summed E-state index contributed by atoms with van der Waals surface area (Å²) in [7, 11) is -3.74. The molecule has 10 heteroatoms. The Balaban J connectivity index is 1.68. The van der Waals surface area contributed by atoms with Crippen molar-refractivity contribution in [1.82, 2.24) is 19.7 Å². The molecule has 3 rings (SSSR count). The van der Waals surface area contributed by atoms with Gasteiger partial charge >= 0.3 is 0 Å². The summed E-state index contributed by atoms with van der Waals surface area (Å²) in [6.45, 7) is 10.3. The van der Waals surface area contributed by atoms with Gasteiger partial charge in [0.25, 0.3) is 0 Å². The first-order valence-corrected chi connectivity index (χ1v) is 13.1. The maximum Gasteiger partial charge on any atom is 0.248 e. The van der Waals surface area contributed by atoms with E-state index >= 15 is 0 Å². The predicted molar refractivity (Wildman–Crippen MR) is 120 cm³/mol. The van der Waals surface area contributed by atoms with Gasteiger partial charge < -0.3 is 9.84 Å². The number of hydrogen-bond acceptors (Lipinski definition) is 7. The fraction of sp³-hybridized carbons (Fsp3) is 0.619. The van der Waals surface area contributed by atoms with E-state index in [1.54, 1.807) is 25.2 Å². The second-order valence-corrected chi connectivity index (χ2v) is 10.5. The molecule has 1 aliphatic rings.